The first-order valence-corrected chi connectivity index (χ1v) is 8.18. The number of nitrogens with one attached hydrogen (secondary N) is 1. The minimum atomic E-state index is -0.0695. The second-order valence-electron chi connectivity index (χ2n) is 6.21. The van der Waals surface area contributed by atoms with E-state index in [1.807, 2.05) is 19.2 Å². The van der Waals surface area contributed by atoms with Crippen LogP contribution in [0.5, 0.6) is 0 Å². The maximum atomic E-state index is 14.0. The third kappa shape index (κ3) is 3.82. The van der Waals surface area contributed by atoms with Crippen molar-refractivity contribution in [1.82, 2.24) is 5.32 Å². The molecule has 1 fully saturated rings. The summed E-state index contributed by atoms with van der Waals surface area (Å²) in [4.78, 5) is 0. The van der Waals surface area contributed by atoms with Gasteiger partial charge in [-0.05, 0) is 37.8 Å². The lowest BCUT2D eigenvalue weighted by molar-refractivity contribution is 0.215. The van der Waals surface area contributed by atoms with Gasteiger partial charge in [0.05, 0.1) is 0 Å². The van der Waals surface area contributed by atoms with Gasteiger partial charge in [-0.2, -0.15) is 0 Å². The molecule has 2 heteroatoms. The molecule has 1 aromatic carbocycles. The van der Waals surface area contributed by atoms with E-state index in [1.54, 1.807) is 12.1 Å². The first-order chi connectivity index (χ1) is 9.76. The fourth-order valence-corrected chi connectivity index (χ4v) is 3.68. The van der Waals surface area contributed by atoms with Crippen LogP contribution in [0.3, 0.4) is 0 Å². The summed E-state index contributed by atoms with van der Waals surface area (Å²) in [5, 5.41) is 3.35. The Balaban J connectivity index is 1.95. The van der Waals surface area contributed by atoms with Crippen LogP contribution < -0.4 is 5.32 Å². The van der Waals surface area contributed by atoms with Crippen LogP contribution in [0.1, 0.15) is 63.5 Å². The summed E-state index contributed by atoms with van der Waals surface area (Å²) < 4.78 is 14.0. The van der Waals surface area contributed by atoms with Gasteiger partial charge in [-0.25, -0.2) is 4.39 Å². The summed E-state index contributed by atoms with van der Waals surface area (Å²) >= 11 is 0. The minimum Gasteiger partial charge on any atom is -0.313 e. The molecule has 2 rings (SSSR count). The Bertz CT molecular complexity index is 396. The first kappa shape index (κ1) is 15.5. The van der Waals surface area contributed by atoms with Gasteiger partial charge in [-0.15, -0.1) is 0 Å². The Morgan fingerprint density at radius 3 is 2.50 bits per heavy atom. The normalized spacial score (nSPS) is 24.6. The quantitative estimate of drug-likeness (QED) is 0.764. The van der Waals surface area contributed by atoms with Gasteiger partial charge in [0.25, 0.3) is 0 Å². The zero-order valence-corrected chi connectivity index (χ0v) is 12.9. The van der Waals surface area contributed by atoms with Crippen molar-refractivity contribution in [2.45, 2.75) is 57.9 Å². The average Bonchev–Trinajstić information content (AvgIpc) is 2.49. The highest BCUT2D eigenvalue weighted by Gasteiger charge is 2.28. The molecule has 0 aliphatic heterocycles. The van der Waals surface area contributed by atoms with Crippen LogP contribution in [0.4, 0.5) is 4.39 Å². The maximum absolute atomic E-state index is 14.0. The van der Waals surface area contributed by atoms with Gasteiger partial charge in [0.2, 0.25) is 0 Å². The average molecular weight is 277 g/mol. The summed E-state index contributed by atoms with van der Waals surface area (Å²) in [6.07, 6.45) is 9.14. The van der Waals surface area contributed by atoms with E-state index in [-0.39, 0.29) is 11.9 Å². The van der Waals surface area contributed by atoms with E-state index in [0.717, 1.165) is 11.5 Å². The van der Waals surface area contributed by atoms with Crippen LogP contribution in [0, 0.1) is 17.7 Å². The molecule has 0 heterocycles. The Morgan fingerprint density at radius 1 is 1.20 bits per heavy atom. The molecule has 1 N–H and O–H groups in total. The maximum Gasteiger partial charge on any atom is 0.127 e. The van der Waals surface area contributed by atoms with Crippen molar-refractivity contribution in [3.05, 3.63) is 35.6 Å². The van der Waals surface area contributed by atoms with Crippen LogP contribution in [0.25, 0.3) is 0 Å². The van der Waals surface area contributed by atoms with Crippen molar-refractivity contribution in [3.8, 4) is 0 Å². The topological polar surface area (TPSA) is 12.0 Å². The molecule has 1 aliphatic rings. The molecule has 1 nitrogen and oxygen atoms in total. The molecule has 1 unspecified atom stereocenters. The van der Waals surface area contributed by atoms with Crippen molar-refractivity contribution in [1.29, 1.82) is 0 Å². The SMILES string of the molecule is CCCCC1CCC(C(NC)c2ccccc2F)CC1. The monoisotopic (exact) mass is 277 g/mol. The van der Waals surface area contributed by atoms with Gasteiger partial charge in [-0.1, -0.05) is 57.2 Å². The van der Waals surface area contributed by atoms with Crippen molar-refractivity contribution in [2.75, 3.05) is 7.05 Å². The fraction of sp³-hybridized carbons (Fsp3) is 0.667. The molecule has 1 aliphatic carbocycles. The molecule has 0 spiro atoms. The van der Waals surface area contributed by atoms with Crippen LogP contribution >= 0.6 is 0 Å². The third-order valence-electron chi connectivity index (χ3n) is 4.88. The van der Waals surface area contributed by atoms with Gasteiger partial charge in [0, 0.05) is 11.6 Å². The first-order valence-electron chi connectivity index (χ1n) is 8.18. The Hall–Kier alpha value is -0.890. The van der Waals surface area contributed by atoms with Crippen molar-refractivity contribution in [3.63, 3.8) is 0 Å². The van der Waals surface area contributed by atoms with Crippen LogP contribution in [-0.4, -0.2) is 7.05 Å². The standard InChI is InChI=1S/C18H28FN/c1-3-4-7-14-10-12-15(13-11-14)18(20-2)16-8-5-6-9-17(16)19/h5-6,8-9,14-15,18,20H,3-4,7,10-13H2,1-2H3. The molecule has 20 heavy (non-hydrogen) atoms. The number of unbranched alkanes of at least 4 members (excludes halogenated alkanes) is 1. The third-order valence-corrected chi connectivity index (χ3v) is 4.88. The van der Waals surface area contributed by atoms with E-state index in [0.29, 0.717) is 5.92 Å². The molecular weight excluding hydrogens is 249 g/mol. The Labute approximate surface area is 123 Å². The minimum absolute atomic E-state index is 0.0695. The Kier molecular flexibility index (Phi) is 6.03. The molecule has 1 atom stereocenters. The molecular formula is C18H28FN. The predicted molar refractivity (Wildman–Crippen MR) is 83.2 cm³/mol. The summed E-state index contributed by atoms with van der Waals surface area (Å²) in [6, 6.07) is 7.39. The molecule has 0 radical (unpaired) electrons. The predicted octanol–water partition coefficient (Wildman–Crippen LogP) is 5.08. The van der Waals surface area contributed by atoms with E-state index in [4.69, 9.17) is 0 Å². The molecule has 112 valence electrons. The lowest BCUT2D eigenvalue weighted by atomic mass is 9.75. The number of benzene rings is 1. The van der Waals surface area contributed by atoms with Gasteiger partial charge in [0.1, 0.15) is 5.82 Å². The van der Waals surface area contributed by atoms with Crippen LogP contribution in [-0.2, 0) is 0 Å². The second kappa shape index (κ2) is 7.78. The lowest BCUT2D eigenvalue weighted by Crippen LogP contribution is -2.29. The highest BCUT2D eigenvalue weighted by Crippen LogP contribution is 2.38. The van der Waals surface area contributed by atoms with Gasteiger partial charge in [0.15, 0.2) is 0 Å². The fourth-order valence-electron chi connectivity index (χ4n) is 3.68. The summed E-state index contributed by atoms with van der Waals surface area (Å²) in [7, 11) is 1.96. The zero-order chi connectivity index (χ0) is 14.4. The van der Waals surface area contributed by atoms with E-state index >= 15 is 0 Å². The number of hydrogen-bond donors (Lipinski definition) is 1. The van der Waals surface area contributed by atoms with Gasteiger partial charge >= 0.3 is 0 Å². The highest BCUT2D eigenvalue weighted by molar-refractivity contribution is 5.22. The molecule has 0 bridgehead atoms. The number of rotatable bonds is 6. The van der Waals surface area contributed by atoms with Crippen molar-refractivity contribution < 1.29 is 4.39 Å². The molecule has 0 aromatic heterocycles. The Morgan fingerprint density at radius 2 is 1.90 bits per heavy atom. The highest BCUT2D eigenvalue weighted by atomic mass is 19.1. The summed E-state index contributed by atoms with van der Waals surface area (Å²) in [5.74, 6) is 1.42. The molecule has 0 saturated heterocycles. The van der Waals surface area contributed by atoms with Gasteiger partial charge in [-0.3, -0.25) is 0 Å². The number of halogens is 1. The van der Waals surface area contributed by atoms with Crippen molar-refractivity contribution in [2.24, 2.45) is 11.8 Å². The summed E-state index contributed by atoms with van der Waals surface area (Å²) in [5.41, 5.74) is 0.840. The lowest BCUT2D eigenvalue weighted by Gasteiger charge is -2.34. The van der Waals surface area contributed by atoms with Crippen LogP contribution in [0.15, 0.2) is 24.3 Å². The van der Waals surface area contributed by atoms with E-state index in [9.17, 15) is 4.39 Å². The van der Waals surface area contributed by atoms with Crippen molar-refractivity contribution >= 4 is 0 Å². The number of hydrogen-bond acceptors (Lipinski definition) is 1. The van der Waals surface area contributed by atoms with E-state index < -0.39 is 0 Å². The smallest absolute Gasteiger partial charge is 0.127 e. The zero-order valence-electron chi connectivity index (χ0n) is 12.9. The molecule has 1 saturated carbocycles. The molecule has 0 amide bonds. The van der Waals surface area contributed by atoms with E-state index in [1.165, 1.54) is 44.9 Å². The largest absolute Gasteiger partial charge is 0.313 e. The van der Waals surface area contributed by atoms with Gasteiger partial charge < -0.3 is 5.32 Å². The summed E-state index contributed by atoms with van der Waals surface area (Å²) in [6.45, 7) is 2.26. The second-order valence-corrected chi connectivity index (χ2v) is 6.21. The molecule has 1 aromatic rings. The van der Waals surface area contributed by atoms with Crippen LogP contribution in [0.2, 0.25) is 0 Å². The van der Waals surface area contributed by atoms with E-state index in [2.05, 4.69) is 12.2 Å².